The van der Waals surface area contributed by atoms with Crippen LogP contribution in [0.3, 0.4) is 0 Å². The van der Waals surface area contributed by atoms with Crippen LogP contribution in [0.15, 0.2) is 66.0 Å². The van der Waals surface area contributed by atoms with Gasteiger partial charge in [-0.25, -0.2) is 9.97 Å². The number of amides is 3. The fourth-order valence-electron chi connectivity index (χ4n) is 8.37. The van der Waals surface area contributed by atoms with E-state index in [1.807, 2.05) is 53.4 Å². The minimum Gasteiger partial charge on any atom is -0.368 e. The molecule has 62 heavy (non-hydrogen) atoms. The lowest BCUT2D eigenvalue weighted by Crippen LogP contribution is -2.51. The average Bonchev–Trinajstić information content (AvgIpc) is 3.82. The Labute approximate surface area is 364 Å². The van der Waals surface area contributed by atoms with Crippen molar-refractivity contribution >= 4 is 51.7 Å². The number of piperidine rings is 1. The summed E-state index contributed by atoms with van der Waals surface area (Å²) < 4.78 is 1.67. The molecule has 0 radical (unpaired) electrons. The molecule has 3 saturated heterocycles. The van der Waals surface area contributed by atoms with Gasteiger partial charge in [-0.05, 0) is 67.1 Å². The molecule has 0 spiro atoms. The van der Waals surface area contributed by atoms with Gasteiger partial charge in [0.05, 0.1) is 47.9 Å². The quantitative estimate of drug-likeness (QED) is 0.109. The van der Waals surface area contributed by atoms with Gasteiger partial charge in [-0.2, -0.15) is 0 Å². The SMILES string of the molecule is CCc1cc2ncc(CN3CCN(c4ccc(C(=O)N5CCN(CC6CCN(C(=O)c7ccc(NC(=O)CNCCn8ccnn8)c(Cl)n7)CC6)CC5)nc4)CC3)cc2[nH]c1=O. The molecule has 3 N–H and O–H groups in total. The van der Waals surface area contributed by atoms with Gasteiger partial charge in [0, 0.05) is 103 Å². The summed E-state index contributed by atoms with van der Waals surface area (Å²) in [5.74, 6) is -0.0359. The highest BCUT2D eigenvalue weighted by Crippen LogP contribution is 2.24. The number of carbonyl (C=O) groups is 3. The van der Waals surface area contributed by atoms with E-state index in [2.05, 4.69) is 55.6 Å². The molecule has 0 atom stereocenters. The van der Waals surface area contributed by atoms with Gasteiger partial charge in [0.1, 0.15) is 11.4 Å². The van der Waals surface area contributed by atoms with Crippen LogP contribution in [0, 0.1) is 5.92 Å². The molecule has 18 nitrogen and oxygen atoms in total. The van der Waals surface area contributed by atoms with Crippen LogP contribution in [-0.4, -0.2) is 157 Å². The maximum absolute atomic E-state index is 13.4. The molecule has 0 aliphatic carbocycles. The summed E-state index contributed by atoms with van der Waals surface area (Å²) in [7, 11) is 0. The van der Waals surface area contributed by atoms with E-state index in [1.165, 1.54) is 0 Å². The summed E-state index contributed by atoms with van der Waals surface area (Å²) in [6.07, 6.45) is 9.50. The molecule has 0 saturated carbocycles. The van der Waals surface area contributed by atoms with Crippen LogP contribution < -0.4 is 21.1 Å². The van der Waals surface area contributed by atoms with E-state index in [1.54, 1.807) is 29.2 Å². The topological polar surface area (TPSA) is 194 Å². The zero-order chi connectivity index (χ0) is 43.0. The number of likely N-dealkylation sites (tertiary alicyclic amines) is 1. The second-order valence-electron chi connectivity index (χ2n) is 16.2. The number of hydrogen-bond acceptors (Lipinski definition) is 13. The lowest BCUT2D eigenvalue weighted by Gasteiger charge is -2.38. The summed E-state index contributed by atoms with van der Waals surface area (Å²) in [4.78, 5) is 78.8. The van der Waals surface area contributed by atoms with Gasteiger partial charge in [0.15, 0.2) is 5.15 Å². The molecule has 3 aliphatic heterocycles. The maximum Gasteiger partial charge on any atom is 0.272 e. The number of anilines is 2. The van der Waals surface area contributed by atoms with Crippen molar-refractivity contribution in [2.75, 3.05) is 95.3 Å². The summed E-state index contributed by atoms with van der Waals surface area (Å²) in [6.45, 7) is 12.5. The lowest BCUT2D eigenvalue weighted by molar-refractivity contribution is -0.115. The van der Waals surface area contributed by atoms with Crippen LogP contribution in [0.1, 0.15) is 51.9 Å². The van der Waals surface area contributed by atoms with Gasteiger partial charge in [-0.15, -0.1) is 5.10 Å². The van der Waals surface area contributed by atoms with E-state index in [0.29, 0.717) is 63.0 Å². The maximum atomic E-state index is 13.4. The third-order valence-corrected chi connectivity index (χ3v) is 12.3. The summed E-state index contributed by atoms with van der Waals surface area (Å²) in [5.41, 5.74) is 5.41. The van der Waals surface area contributed by atoms with Crippen molar-refractivity contribution in [3.8, 4) is 0 Å². The largest absolute Gasteiger partial charge is 0.368 e. The van der Waals surface area contributed by atoms with E-state index in [0.717, 1.165) is 93.0 Å². The van der Waals surface area contributed by atoms with Crippen LogP contribution in [0.4, 0.5) is 11.4 Å². The highest BCUT2D eigenvalue weighted by atomic mass is 35.5. The molecule has 326 valence electrons. The smallest absolute Gasteiger partial charge is 0.272 e. The number of halogens is 1. The highest BCUT2D eigenvalue weighted by molar-refractivity contribution is 6.32. The third-order valence-electron chi connectivity index (χ3n) is 12.0. The number of aromatic nitrogens is 7. The number of H-pyrrole nitrogens is 1. The Balaban J connectivity index is 0.723. The van der Waals surface area contributed by atoms with E-state index in [9.17, 15) is 19.2 Å². The molecular formula is C43H53ClN14O4. The van der Waals surface area contributed by atoms with E-state index in [-0.39, 0.29) is 40.7 Å². The molecule has 3 aliphatic rings. The Morgan fingerprint density at radius 1 is 0.855 bits per heavy atom. The van der Waals surface area contributed by atoms with Gasteiger partial charge in [-0.3, -0.25) is 38.6 Å². The van der Waals surface area contributed by atoms with Crippen molar-refractivity contribution in [2.45, 2.75) is 39.3 Å². The van der Waals surface area contributed by atoms with Crippen molar-refractivity contribution in [1.29, 1.82) is 0 Å². The monoisotopic (exact) mass is 864 g/mol. The Morgan fingerprint density at radius 3 is 2.31 bits per heavy atom. The predicted molar refractivity (Wildman–Crippen MR) is 235 cm³/mol. The van der Waals surface area contributed by atoms with Crippen LogP contribution in [0.25, 0.3) is 11.0 Å². The number of pyridine rings is 4. The average molecular weight is 865 g/mol. The summed E-state index contributed by atoms with van der Waals surface area (Å²) >= 11 is 6.38. The normalized spacial score (nSPS) is 16.8. The molecule has 8 rings (SSSR count). The van der Waals surface area contributed by atoms with Crippen LogP contribution in [0.5, 0.6) is 0 Å². The molecular weight excluding hydrogens is 812 g/mol. The number of aryl methyl sites for hydroxylation is 1. The highest BCUT2D eigenvalue weighted by Gasteiger charge is 2.29. The number of nitrogens with one attached hydrogen (secondary N) is 3. The second kappa shape index (κ2) is 19.9. The first kappa shape index (κ1) is 42.9. The molecule has 3 amide bonds. The number of rotatable bonds is 14. The van der Waals surface area contributed by atoms with Gasteiger partial charge in [-0.1, -0.05) is 23.7 Å². The van der Waals surface area contributed by atoms with Crippen molar-refractivity contribution in [3.05, 3.63) is 99.2 Å². The molecule has 8 heterocycles. The molecule has 5 aromatic heterocycles. The number of fused-ring (bicyclic) bond motifs is 1. The molecule has 0 bridgehead atoms. The number of hydrogen-bond donors (Lipinski definition) is 3. The minimum atomic E-state index is -0.272. The fourth-order valence-corrected chi connectivity index (χ4v) is 8.57. The van der Waals surface area contributed by atoms with Gasteiger partial charge in [0.25, 0.3) is 17.4 Å². The van der Waals surface area contributed by atoms with Crippen LogP contribution >= 0.6 is 11.6 Å². The number of aromatic amines is 1. The van der Waals surface area contributed by atoms with Crippen molar-refractivity contribution < 1.29 is 14.4 Å². The Hall–Kier alpha value is -5.82. The standard InChI is InChI=1S/C43H53ClN14O4/c1-2-32-24-37-38(51-41(32)60)23-31(25-46-37)29-54-15-19-55(20-16-54)33-3-4-35(47-26-33)42(61)57-21-17-53(18-22-57)28-30-7-11-56(12-8-30)43(62)36-6-5-34(40(44)50-36)49-39(59)27-45-9-13-58-14-10-48-52-58/h3-6,10,14,23-26,30,45H,2,7-9,11-13,15-22,27-29H2,1H3,(H,49,59)(H,51,60). The van der Waals surface area contributed by atoms with Gasteiger partial charge < -0.3 is 30.3 Å². The molecule has 0 unspecified atom stereocenters. The number of carbonyl (C=O) groups excluding carboxylic acids is 3. The summed E-state index contributed by atoms with van der Waals surface area (Å²) in [6, 6.07) is 11.0. The van der Waals surface area contributed by atoms with Gasteiger partial charge in [0.2, 0.25) is 5.91 Å². The summed E-state index contributed by atoms with van der Waals surface area (Å²) in [5, 5.41) is 13.5. The first-order valence-corrected chi connectivity index (χ1v) is 21.8. The van der Waals surface area contributed by atoms with E-state index in [4.69, 9.17) is 11.6 Å². The Bertz CT molecular complexity index is 2390. The van der Waals surface area contributed by atoms with E-state index < -0.39 is 0 Å². The zero-order valence-electron chi connectivity index (χ0n) is 35.0. The molecule has 5 aromatic rings. The number of piperazine rings is 2. The molecule has 19 heteroatoms. The second-order valence-corrected chi connectivity index (χ2v) is 16.5. The lowest BCUT2D eigenvalue weighted by atomic mass is 9.95. The van der Waals surface area contributed by atoms with Gasteiger partial charge >= 0.3 is 0 Å². The minimum absolute atomic E-state index is 0.0410. The van der Waals surface area contributed by atoms with Crippen molar-refractivity contribution in [2.24, 2.45) is 5.92 Å². The van der Waals surface area contributed by atoms with E-state index >= 15 is 0 Å². The molecule has 3 fully saturated rings. The van der Waals surface area contributed by atoms with Crippen LogP contribution in [0.2, 0.25) is 5.15 Å². The Kier molecular flexibility index (Phi) is 13.8. The first-order chi connectivity index (χ1) is 30.2. The fraction of sp³-hybridized carbons (Fsp3) is 0.465. The first-order valence-electron chi connectivity index (χ1n) is 21.5. The zero-order valence-corrected chi connectivity index (χ0v) is 35.8. The molecule has 0 aromatic carbocycles. The van der Waals surface area contributed by atoms with Crippen molar-refractivity contribution in [1.82, 2.24) is 59.8 Å². The van der Waals surface area contributed by atoms with Crippen molar-refractivity contribution in [3.63, 3.8) is 0 Å². The predicted octanol–water partition coefficient (Wildman–Crippen LogP) is 2.38. The third kappa shape index (κ3) is 10.6. The Morgan fingerprint density at radius 2 is 1.60 bits per heavy atom. The number of nitrogens with zero attached hydrogens (tertiary/aromatic N) is 11. The van der Waals surface area contributed by atoms with Crippen LogP contribution in [-0.2, 0) is 24.3 Å².